The number of hydrogen-bond acceptors (Lipinski definition) is 4. The molecule has 4 rings (SSSR count). The van der Waals surface area contributed by atoms with Crippen LogP contribution in [0.4, 0.5) is 5.13 Å². The Labute approximate surface area is 140 Å². The summed E-state index contributed by atoms with van der Waals surface area (Å²) in [4.78, 5) is 18.8. The first-order valence-corrected chi connectivity index (χ1v) is 9.01. The van der Waals surface area contributed by atoms with Crippen LogP contribution in [0.2, 0.25) is 5.02 Å². The van der Waals surface area contributed by atoms with Crippen LogP contribution in [0.15, 0.2) is 48.5 Å². The molecule has 0 radical (unpaired) electrons. The third-order valence-corrected chi connectivity index (χ3v) is 6.01. The molecule has 0 N–H and O–H groups in total. The summed E-state index contributed by atoms with van der Waals surface area (Å²) in [5.41, 5.74) is 2.00. The van der Waals surface area contributed by atoms with Crippen LogP contribution in [-0.2, 0) is 4.79 Å². The zero-order valence-corrected chi connectivity index (χ0v) is 13.8. The first-order chi connectivity index (χ1) is 10.7. The molecular weight excluding hydrogens is 336 g/mol. The zero-order valence-electron chi connectivity index (χ0n) is 11.4. The van der Waals surface area contributed by atoms with Gasteiger partial charge in [-0.25, -0.2) is 4.98 Å². The molecule has 1 aromatic heterocycles. The molecule has 1 fully saturated rings. The van der Waals surface area contributed by atoms with Crippen molar-refractivity contribution in [3.8, 4) is 0 Å². The second-order valence-electron chi connectivity index (χ2n) is 4.94. The summed E-state index contributed by atoms with van der Waals surface area (Å²) in [6, 6.07) is 15.6. The second kappa shape index (κ2) is 5.57. The lowest BCUT2D eigenvalue weighted by atomic mass is 10.2. The van der Waals surface area contributed by atoms with Gasteiger partial charge in [-0.05, 0) is 29.8 Å². The Balaban J connectivity index is 1.76. The number of thioether (sulfide) groups is 1. The lowest BCUT2D eigenvalue weighted by molar-refractivity contribution is -0.115. The largest absolute Gasteiger partial charge is 0.273 e. The fraction of sp³-hybridized carbons (Fsp3) is 0.125. The summed E-state index contributed by atoms with van der Waals surface area (Å²) < 4.78 is 1.09. The van der Waals surface area contributed by atoms with Crippen LogP contribution in [0.25, 0.3) is 10.2 Å². The van der Waals surface area contributed by atoms with Gasteiger partial charge < -0.3 is 0 Å². The van der Waals surface area contributed by atoms with Crippen molar-refractivity contribution in [2.75, 3.05) is 10.7 Å². The smallest absolute Gasteiger partial charge is 0.240 e. The first kappa shape index (κ1) is 14.1. The van der Waals surface area contributed by atoms with Gasteiger partial charge in [-0.3, -0.25) is 9.69 Å². The molecule has 1 amide bonds. The van der Waals surface area contributed by atoms with E-state index in [0.29, 0.717) is 10.8 Å². The molecule has 3 nitrogen and oxygen atoms in total. The van der Waals surface area contributed by atoms with Crippen LogP contribution in [0.3, 0.4) is 0 Å². The fourth-order valence-corrected chi connectivity index (χ4v) is 4.83. The summed E-state index contributed by atoms with van der Waals surface area (Å²) in [7, 11) is 0. The predicted molar refractivity (Wildman–Crippen MR) is 93.8 cm³/mol. The predicted octanol–water partition coefficient (Wildman–Crippen LogP) is 4.73. The van der Waals surface area contributed by atoms with Crippen LogP contribution in [0.5, 0.6) is 0 Å². The van der Waals surface area contributed by atoms with Gasteiger partial charge in [-0.1, -0.05) is 47.2 Å². The van der Waals surface area contributed by atoms with Crippen LogP contribution in [0, 0.1) is 0 Å². The van der Waals surface area contributed by atoms with Gasteiger partial charge in [-0.2, -0.15) is 0 Å². The second-order valence-corrected chi connectivity index (χ2v) is 7.46. The number of anilines is 1. The van der Waals surface area contributed by atoms with Gasteiger partial charge in [0, 0.05) is 5.02 Å². The van der Waals surface area contributed by atoms with Crippen molar-refractivity contribution in [3.05, 3.63) is 59.1 Å². The highest BCUT2D eigenvalue weighted by molar-refractivity contribution is 8.00. The zero-order chi connectivity index (χ0) is 15.1. The Hall–Kier alpha value is -1.56. The average Bonchev–Trinajstić information content (AvgIpc) is 3.11. The van der Waals surface area contributed by atoms with E-state index in [-0.39, 0.29) is 11.3 Å². The van der Waals surface area contributed by atoms with Gasteiger partial charge in [0.25, 0.3) is 0 Å². The van der Waals surface area contributed by atoms with Crippen LogP contribution in [0.1, 0.15) is 10.9 Å². The molecule has 1 aliphatic heterocycles. The number of thiazole rings is 1. The normalized spacial score (nSPS) is 18.3. The first-order valence-electron chi connectivity index (χ1n) is 6.77. The van der Waals surface area contributed by atoms with Crippen LogP contribution < -0.4 is 4.90 Å². The molecular formula is C16H11ClN2OS2. The van der Waals surface area contributed by atoms with Crippen LogP contribution >= 0.6 is 34.7 Å². The van der Waals surface area contributed by atoms with E-state index in [1.54, 1.807) is 28.0 Å². The van der Waals surface area contributed by atoms with E-state index in [4.69, 9.17) is 11.6 Å². The van der Waals surface area contributed by atoms with Gasteiger partial charge in [-0.15, -0.1) is 11.8 Å². The molecule has 3 aromatic rings. The van der Waals surface area contributed by atoms with E-state index in [9.17, 15) is 4.79 Å². The monoisotopic (exact) mass is 346 g/mol. The molecule has 1 atom stereocenters. The summed E-state index contributed by atoms with van der Waals surface area (Å²) >= 11 is 9.13. The molecule has 0 saturated carbocycles. The highest BCUT2D eigenvalue weighted by Crippen LogP contribution is 2.44. The molecule has 0 unspecified atom stereocenters. The number of carbonyl (C=O) groups is 1. The SMILES string of the molecule is O=C1CS[C@H](c2ccc(Cl)cc2)N1c1nc2ccccc2s1. The summed E-state index contributed by atoms with van der Waals surface area (Å²) in [5, 5.41) is 1.42. The fourth-order valence-electron chi connectivity index (χ4n) is 2.47. The maximum atomic E-state index is 12.3. The van der Waals surface area contributed by atoms with Gasteiger partial charge in [0.1, 0.15) is 5.37 Å². The molecule has 2 aromatic carbocycles. The maximum Gasteiger partial charge on any atom is 0.240 e. The molecule has 1 saturated heterocycles. The number of halogens is 1. The lowest BCUT2D eigenvalue weighted by Gasteiger charge is -2.21. The Morgan fingerprint density at radius 2 is 1.91 bits per heavy atom. The number of aromatic nitrogens is 1. The number of fused-ring (bicyclic) bond motifs is 1. The molecule has 2 heterocycles. The number of benzene rings is 2. The van der Waals surface area contributed by atoms with Gasteiger partial charge in [0.05, 0.1) is 16.0 Å². The number of rotatable bonds is 2. The van der Waals surface area contributed by atoms with E-state index < -0.39 is 0 Å². The van der Waals surface area contributed by atoms with Crippen molar-refractivity contribution in [2.24, 2.45) is 0 Å². The van der Waals surface area contributed by atoms with Gasteiger partial charge in [0.15, 0.2) is 5.13 Å². The maximum absolute atomic E-state index is 12.3. The molecule has 0 spiro atoms. The number of para-hydroxylation sites is 1. The number of hydrogen-bond donors (Lipinski definition) is 0. The lowest BCUT2D eigenvalue weighted by Crippen LogP contribution is -2.27. The van der Waals surface area contributed by atoms with Gasteiger partial charge >= 0.3 is 0 Å². The van der Waals surface area contributed by atoms with Crippen molar-refractivity contribution in [1.29, 1.82) is 0 Å². The molecule has 6 heteroatoms. The third-order valence-electron chi connectivity index (χ3n) is 3.51. The van der Waals surface area contributed by atoms with E-state index in [1.807, 2.05) is 48.5 Å². The van der Waals surface area contributed by atoms with Crippen molar-refractivity contribution < 1.29 is 4.79 Å². The van der Waals surface area contributed by atoms with Crippen molar-refractivity contribution in [2.45, 2.75) is 5.37 Å². The standard InChI is InChI=1S/C16H11ClN2OS2/c17-11-7-5-10(6-8-11)15-19(14(20)9-21-15)16-18-12-3-1-2-4-13(12)22-16/h1-8,15H,9H2/t15-/m1/s1. The summed E-state index contributed by atoms with van der Waals surface area (Å²) in [6.07, 6.45) is 0. The van der Waals surface area contributed by atoms with E-state index in [0.717, 1.165) is 20.9 Å². The Morgan fingerprint density at radius 3 is 2.68 bits per heavy atom. The van der Waals surface area contributed by atoms with E-state index in [1.165, 1.54) is 0 Å². The molecule has 0 bridgehead atoms. The minimum absolute atomic E-state index is 0.0367. The van der Waals surface area contributed by atoms with Gasteiger partial charge in [0.2, 0.25) is 5.91 Å². The topological polar surface area (TPSA) is 33.2 Å². The number of carbonyl (C=O) groups excluding carboxylic acids is 1. The number of amides is 1. The summed E-state index contributed by atoms with van der Waals surface area (Å²) in [6.45, 7) is 0. The molecule has 22 heavy (non-hydrogen) atoms. The Kier molecular flexibility index (Phi) is 3.56. The number of nitrogens with zero attached hydrogens (tertiary/aromatic N) is 2. The Bertz CT molecular complexity index is 814. The van der Waals surface area contributed by atoms with Crippen LogP contribution in [-0.4, -0.2) is 16.6 Å². The minimum atomic E-state index is -0.0367. The summed E-state index contributed by atoms with van der Waals surface area (Å²) in [5.74, 6) is 0.576. The molecule has 0 aliphatic carbocycles. The average molecular weight is 347 g/mol. The third kappa shape index (κ3) is 2.39. The minimum Gasteiger partial charge on any atom is -0.273 e. The quantitative estimate of drug-likeness (QED) is 0.672. The van der Waals surface area contributed by atoms with E-state index >= 15 is 0 Å². The molecule has 110 valence electrons. The highest BCUT2D eigenvalue weighted by Gasteiger charge is 2.35. The van der Waals surface area contributed by atoms with Crippen molar-refractivity contribution in [1.82, 2.24) is 4.98 Å². The Morgan fingerprint density at radius 1 is 1.14 bits per heavy atom. The van der Waals surface area contributed by atoms with Crippen molar-refractivity contribution >= 4 is 56.0 Å². The van der Waals surface area contributed by atoms with E-state index in [2.05, 4.69) is 4.98 Å². The highest BCUT2D eigenvalue weighted by atomic mass is 35.5. The molecule has 1 aliphatic rings. The van der Waals surface area contributed by atoms with Crippen molar-refractivity contribution in [3.63, 3.8) is 0 Å².